The Morgan fingerprint density at radius 3 is 2.39 bits per heavy atom. The standard InChI is InChI=1S/C30H32NOP/c1-5-7-12-25(6-2)23(3)27-15-11-16-29(20-17-27)31-33(32)30-21-18-28(19-22-30)24(4)26-13-9-8-10-14-26/h6-14,16-22,31-32H,3-5,15H2,1-2H3/b12-7-,25-6+. The first-order chi connectivity index (χ1) is 16.0. The van der Waals surface area contributed by atoms with Gasteiger partial charge in [-0.2, -0.15) is 0 Å². The topological polar surface area (TPSA) is 32.3 Å². The van der Waals surface area contributed by atoms with E-state index >= 15 is 0 Å². The lowest BCUT2D eigenvalue weighted by molar-refractivity contribution is 0.626. The van der Waals surface area contributed by atoms with Gasteiger partial charge in [0, 0.05) is 11.0 Å². The first-order valence-corrected chi connectivity index (χ1v) is 12.5. The van der Waals surface area contributed by atoms with Crippen LogP contribution in [0.4, 0.5) is 0 Å². The highest BCUT2D eigenvalue weighted by molar-refractivity contribution is 7.58. The van der Waals surface area contributed by atoms with Crippen LogP contribution in [-0.4, -0.2) is 4.89 Å². The van der Waals surface area contributed by atoms with Crippen LogP contribution in [0.2, 0.25) is 0 Å². The van der Waals surface area contributed by atoms with Gasteiger partial charge in [0.05, 0.1) is 0 Å². The van der Waals surface area contributed by atoms with Crippen LogP contribution in [-0.2, 0) is 0 Å². The molecule has 0 amide bonds. The van der Waals surface area contributed by atoms with Crippen molar-refractivity contribution in [3.63, 3.8) is 0 Å². The maximum Gasteiger partial charge on any atom is 0.161 e. The Balaban J connectivity index is 1.68. The first-order valence-electron chi connectivity index (χ1n) is 11.2. The van der Waals surface area contributed by atoms with Gasteiger partial charge in [-0.1, -0.05) is 92.9 Å². The highest BCUT2D eigenvalue weighted by Gasteiger charge is 2.12. The molecule has 3 rings (SSSR count). The third-order valence-electron chi connectivity index (χ3n) is 5.50. The Hall–Kier alpha value is -3.19. The quantitative estimate of drug-likeness (QED) is 0.304. The highest BCUT2D eigenvalue weighted by atomic mass is 31.2. The van der Waals surface area contributed by atoms with Crippen molar-refractivity contribution >= 4 is 19.2 Å². The van der Waals surface area contributed by atoms with Crippen LogP contribution < -0.4 is 10.4 Å². The van der Waals surface area contributed by atoms with Crippen molar-refractivity contribution < 1.29 is 4.89 Å². The van der Waals surface area contributed by atoms with E-state index in [1.165, 1.54) is 5.57 Å². The van der Waals surface area contributed by atoms with E-state index in [0.717, 1.165) is 51.7 Å². The van der Waals surface area contributed by atoms with Crippen molar-refractivity contribution in [2.75, 3.05) is 0 Å². The fourth-order valence-corrected chi connectivity index (χ4v) is 4.48. The second kappa shape index (κ2) is 12.2. The van der Waals surface area contributed by atoms with Gasteiger partial charge in [0.25, 0.3) is 0 Å². The molecule has 0 bridgehead atoms. The van der Waals surface area contributed by atoms with E-state index in [0.29, 0.717) is 0 Å². The van der Waals surface area contributed by atoms with Crippen LogP contribution in [0.5, 0.6) is 0 Å². The normalized spacial score (nSPS) is 14.9. The van der Waals surface area contributed by atoms with E-state index in [1.807, 2.05) is 61.5 Å². The summed E-state index contributed by atoms with van der Waals surface area (Å²) in [6.45, 7) is 12.7. The number of nitrogens with one attached hydrogen (secondary N) is 1. The molecular formula is C30H32NOP. The molecule has 2 aromatic carbocycles. The van der Waals surface area contributed by atoms with Crippen LogP contribution in [0.25, 0.3) is 5.57 Å². The maximum absolute atomic E-state index is 10.8. The fourth-order valence-electron chi connectivity index (χ4n) is 3.52. The van der Waals surface area contributed by atoms with E-state index in [9.17, 15) is 4.89 Å². The summed E-state index contributed by atoms with van der Waals surface area (Å²) in [6, 6.07) is 18.1. The summed E-state index contributed by atoms with van der Waals surface area (Å²) in [6.07, 6.45) is 16.4. The van der Waals surface area contributed by atoms with Crippen molar-refractivity contribution in [3.8, 4) is 0 Å². The molecule has 0 aliphatic heterocycles. The van der Waals surface area contributed by atoms with Gasteiger partial charge in [-0.15, -0.1) is 0 Å². The smallest absolute Gasteiger partial charge is 0.161 e. The molecule has 0 saturated heterocycles. The van der Waals surface area contributed by atoms with Crippen molar-refractivity contribution in [2.45, 2.75) is 26.7 Å². The van der Waals surface area contributed by atoms with Crippen molar-refractivity contribution in [3.05, 3.63) is 144 Å². The Bertz CT molecular complexity index is 1130. The molecule has 1 aliphatic rings. The molecule has 0 fully saturated rings. The first kappa shape index (κ1) is 24.5. The molecule has 0 heterocycles. The Morgan fingerprint density at radius 2 is 1.73 bits per heavy atom. The zero-order valence-corrected chi connectivity index (χ0v) is 20.4. The molecule has 2 nitrogen and oxygen atoms in total. The van der Waals surface area contributed by atoms with Gasteiger partial charge in [0.2, 0.25) is 0 Å². The maximum atomic E-state index is 10.8. The summed E-state index contributed by atoms with van der Waals surface area (Å²) in [5.41, 5.74) is 7.34. The molecule has 33 heavy (non-hydrogen) atoms. The van der Waals surface area contributed by atoms with E-state index in [-0.39, 0.29) is 0 Å². The molecule has 1 atom stereocenters. The molecule has 1 unspecified atom stereocenters. The van der Waals surface area contributed by atoms with Gasteiger partial charge in [-0.05, 0) is 77.5 Å². The van der Waals surface area contributed by atoms with E-state index in [2.05, 4.69) is 67.7 Å². The number of hydrogen-bond donors (Lipinski definition) is 2. The zero-order valence-electron chi connectivity index (χ0n) is 19.5. The molecular weight excluding hydrogens is 421 g/mol. The van der Waals surface area contributed by atoms with Gasteiger partial charge >= 0.3 is 0 Å². The van der Waals surface area contributed by atoms with Gasteiger partial charge in [0.15, 0.2) is 8.30 Å². The Morgan fingerprint density at radius 1 is 1.03 bits per heavy atom. The lowest BCUT2D eigenvalue weighted by Crippen LogP contribution is -2.13. The summed E-state index contributed by atoms with van der Waals surface area (Å²) < 4.78 is 0. The summed E-state index contributed by atoms with van der Waals surface area (Å²) in [5.74, 6) is 0. The van der Waals surface area contributed by atoms with Gasteiger partial charge in [-0.3, -0.25) is 0 Å². The average molecular weight is 454 g/mol. The highest BCUT2D eigenvalue weighted by Crippen LogP contribution is 2.30. The summed E-state index contributed by atoms with van der Waals surface area (Å²) in [4.78, 5) is 10.8. The summed E-state index contributed by atoms with van der Waals surface area (Å²) >= 11 is 0. The lowest BCUT2D eigenvalue weighted by Gasteiger charge is -2.15. The predicted molar refractivity (Wildman–Crippen MR) is 145 cm³/mol. The molecule has 1 aliphatic carbocycles. The summed E-state index contributed by atoms with van der Waals surface area (Å²) in [5, 5.41) is 4.13. The Kier molecular flexibility index (Phi) is 9.01. The van der Waals surface area contributed by atoms with Gasteiger partial charge in [0.1, 0.15) is 0 Å². The van der Waals surface area contributed by atoms with E-state index in [4.69, 9.17) is 0 Å². The Labute approximate surface area is 199 Å². The van der Waals surface area contributed by atoms with Crippen LogP contribution in [0.3, 0.4) is 0 Å². The third kappa shape index (κ3) is 6.65. The number of benzene rings is 2. The van der Waals surface area contributed by atoms with E-state index in [1.54, 1.807) is 0 Å². The van der Waals surface area contributed by atoms with Crippen LogP contribution in [0.15, 0.2) is 133 Å². The molecule has 2 N–H and O–H groups in total. The van der Waals surface area contributed by atoms with Crippen LogP contribution in [0, 0.1) is 0 Å². The predicted octanol–water partition coefficient (Wildman–Crippen LogP) is 7.51. The molecule has 0 radical (unpaired) electrons. The molecule has 3 heteroatoms. The molecule has 0 aromatic heterocycles. The number of allylic oxidation sites excluding steroid dienone is 10. The van der Waals surface area contributed by atoms with Crippen molar-refractivity contribution in [1.29, 1.82) is 0 Å². The van der Waals surface area contributed by atoms with E-state index < -0.39 is 8.30 Å². The molecule has 2 aromatic rings. The third-order valence-corrected chi connectivity index (χ3v) is 6.75. The van der Waals surface area contributed by atoms with Gasteiger partial charge in [-0.25, -0.2) is 0 Å². The van der Waals surface area contributed by atoms with Crippen LogP contribution >= 0.6 is 8.30 Å². The number of hydrogen-bond acceptors (Lipinski definition) is 2. The van der Waals surface area contributed by atoms with Crippen molar-refractivity contribution in [2.24, 2.45) is 0 Å². The summed E-state index contributed by atoms with van der Waals surface area (Å²) in [7, 11) is -1.52. The lowest BCUT2D eigenvalue weighted by atomic mass is 9.96. The largest absolute Gasteiger partial charge is 0.351 e. The minimum atomic E-state index is -1.52. The van der Waals surface area contributed by atoms with Crippen molar-refractivity contribution in [1.82, 2.24) is 5.09 Å². The second-order valence-electron chi connectivity index (χ2n) is 7.77. The van der Waals surface area contributed by atoms with Gasteiger partial charge < -0.3 is 9.98 Å². The fraction of sp³-hybridized carbons (Fsp3) is 0.133. The molecule has 0 spiro atoms. The number of rotatable bonds is 9. The molecule has 0 saturated carbocycles. The minimum Gasteiger partial charge on any atom is -0.351 e. The molecule has 168 valence electrons. The monoisotopic (exact) mass is 453 g/mol. The van der Waals surface area contributed by atoms with Crippen LogP contribution in [0.1, 0.15) is 37.8 Å². The minimum absolute atomic E-state index is 0.803. The zero-order chi connectivity index (χ0) is 23.6. The second-order valence-corrected chi connectivity index (χ2v) is 9.13. The average Bonchev–Trinajstić information content (AvgIpc) is 3.10. The SMILES string of the molecule is C=C(C1=CC=C(NP(O)c2ccc(C(=C)c3ccccc3)cc2)C=CC1)C(/C=C\CC)=C/C.